The molecule has 1 aromatic heterocycles. The van der Waals surface area contributed by atoms with Gasteiger partial charge in [0.05, 0.1) is 0 Å². The maximum absolute atomic E-state index is 11.1. The molecule has 0 bridgehead atoms. The highest BCUT2D eigenvalue weighted by Gasteiger charge is 2.37. The molecule has 0 N–H and O–H groups in total. The van der Waals surface area contributed by atoms with E-state index in [0.717, 1.165) is 44.2 Å². The van der Waals surface area contributed by atoms with Gasteiger partial charge in [-0.3, -0.25) is 4.79 Å². The van der Waals surface area contributed by atoms with E-state index in [1.165, 1.54) is 24.0 Å². The average molecular weight is 447 g/mol. The van der Waals surface area contributed by atoms with E-state index in [0.29, 0.717) is 11.2 Å². The van der Waals surface area contributed by atoms with Gasteiger partial charge in [0.25, 0.3) is 0 Å². The molecule has 0 atom stereocenters. The molecule has 1 heterocycles. The molecule has 0 radical (unpaired) electrons. The summed E-state index contributed by atoms with van der Waals surface area (Å²) in [6, 6.07) is 3.80. The van der Waals surface area contributed by atoms with Crippen molar-refractivity contribution in [2.24, 2.45) is 5.41 Å². The van der Waals surface area contributed by atoms with Crippen molar-refractivity contribution in [3.8, 4) is 0 Å². The van der Waals surface area contributed by atoms with Gasteiger partial charge in [0.1, 0.15) is 5.76 Å². The Bertz CT molecular complexity index is 676. The van der Waals surface area contributed by atoms with Crippen molar-refractivity contribution in [1.82, 2.24) is 0 Å². The number of allylic oxidation sites excluding steroid dienone is 4. The van der Waals surface area contributed by atoms with E-state index in [-0.39, 0.29) is 5.41 Å². The van der Waals surface area contributed by atoms with Gasteiger partial charge in [0.2, 0.25) is 0 Å². The van der Waals surface area contributed by atoms with Crippen molar-refractivity contribution in [3.05, 3.63) is 46.4 Å². The largest absolute Gasteiger partial charge is 0.457 e. The zero-order chi connectivity index (χ0) is 25.4. The average Bonchev–Trinajstić information content (AvgIpc) is 3.32. The summed E-state index contributed by atoms with van der Waals surface area (Å²) in [6.45, 7) is 25.7. The van der Waals surface area contributed by atoms with Crippen LogP contribution in [-0.2, 0) is 5.41 Å². The van der Waals surface area contributed by atoms with Crippen molar-refractivity contribution in [3.63, 3.8) is 0 Å². The lowest BCUT2D eigenvalue weighted by molar-refractivity contribution is 0.109. The molecular weight excluding hydrogens is 392 g/mol. The molecule has 0 saturated carbocycles. The van der Waals surface area contributed by atoms with Crippen LogP contribution in [0.5, 0.6) is 0 Å². The van der Waals surface area contributed by atoms with Crippen LogP contribution >= 0.6 is 0 Å². The van der Waals surface area contributed by atoms with E-state index in [1.54, 1.807) is 11.6 Å². The second kappa shape index (κ2) is 17.0. The van der Waals surface area contributed by atoms with Crippen LogP contribution in [0.25, 0.3) is 0 Å². The quantitative estimate of drug-likeness (QED) is 0.372. The van der Waals surface area contributed by atoms with Gasteiger partial charge in [-0.25, -0.2) is 0 Å². The third-order valence-corrected chi connectivity index (χ3v) is 6.09. The molecule has 0 amide bonds. The van der Waals surface area contributed by atoms with Gasteiger partial charge in [-0.05, 0) is 68.1 Å². The van der Waals surface area contributed by atoms with Crippen LogP contribution < -0.4 is 0 Å². The molecule has 0 fully saturated rings. The third-order valence-electron chi connectivity index (χ3n) is 6.09. The Labute approximate surface area is 201 Å². The zero-order valence-electron chi connectivity index (χ0n) is 23.6. The lowest BCUT2D eigenvalue weighted by atomic mass is 9.68. The lowest BCUT2D eigenvalue weighted by Gasteiger charge is -2.36. The van der Waals surface area contributed by atoms with Crippen molar-refractivity contribution < 1.29 is 9.21 Å². The van der Waals surface area contributed by atoms with Crippen LogP contribution in [0.3, 0.4) is 0 Å². The first kappa shape index (κ1) is 32.6. The summed E-state index contributed by atoms with van der Waals surface area (Å²) in [5, 5.41) is 0. The Morgan fingerprint density at radius 1 is 0.906 bits per heavy atom. The first-order valence-electron chi connectivity index (χ1n) is 13.3. The highest BCUT2D eigenvalue weighted by molar-refractivity contribution is 5.70. The summed E-state index contributed by atoms with van der Waals surface area (Å²) in [7, 11) is 0. The summed E-state index contributed by atoms with van der Waals surface area (Å²) in [5.41, 5.74) is 4.93. The monoisotopic (exact) mass is 446 g/mol. The lowest BCUT2D eigenvalue weighted by Crippen LogP contribution is -2.28. The number of hydrogen-bond donors (Lipinski definition) is 0. The summed E-state index contributed by atoms with van der Waals surface area (Å²) in [5.74, 6) is 1.38. The molecule has 186 valence electrons. The molecule has 1 aliphatic rings. The number of aldehydes is 1. The molecule has 1 aliphatic carbocycles. The standard InChI is InChI=1S/C24H36O2.3C2H6/c1-7-18-16-20(11-10-19(18)14-15-23(4,5)6)24(8-2,9-3)22-13-12-21(17-25)26-22;3*1-2/h12-13,16-17H,7-11,14-15H2,1-6H3;3*1-2H3. The smallest absolute Gasteiger partial charge is 0.185 e. The van der Waals surface area contributed by atoms with Crippen molar-refractivity contribution in [2.75, 3.05) is 0 Å². The minimum absolute atomic E-state index is 0.0861. The SMILES string of the molecule is CC.CC.CC.CCC1=C(CCC(C)(C)C)CCC(C(CC)(CC)c2ccc(C=O)o2)=C1. The maximum Gasteiger partial charge on any atom is 0.185 e. The Morgan fingerprint density at radius 3 is 1.88 bits per heavy atom. The Balaban J connectivity index is 0. The third kappa shape index (κ3) is 9.12. The summed E-state index contributed by atoms with van der Waals surface area (Å²) in [6.07, 6.45) is 11.0. The van der Waals surface area contributed by atoms with E-state index in [9.17, 15) is 4.79 Å². The van der Waals surface area contributed by atoms with Gasteiger partial charge < -0.3 is 4.42 Å². The fraction of sp³-hybridized carbons (Fsp3) is 0.700. The van der Waals surface area contributed by atoms with Gasteiger partial charge >= 0.3 is 0 Å². The highest BCUT2D eigenvalue weighted by atomic mass is 16.3. The number of furan rings is 1. The van der Waals surface area contributed by atoms with Gasteiger partial charge in [-0.2, -0.15) is 0 Å². The highest BCUT2D eigenvalue weighted by Crippen LogP contribution is 2.45. The molecule has 0 saturated heterocycles. The predicted octanol–water partition coefficient (Wildman–Crippen LogP) is 10.5. The van der Waals surface area contributed by atoms with Crippen molar-refractivity contribution >= 4 is 6.29 Å². The number of carbonyl (C=O) groups is 1. The van der Waals surface area contributed by atoms with Gasteiger partial charge in [0, 0.05) is 5.41 Å². The molecule has 0 aliphatic heterocycles. The van der Waals surface area contributed by atoms with Crippen LogP contribution in [0.15, 0.2) is 39.3 Å². The Hall–Kier alpha value is -1.57. The summed E-state index contributed by atoms with van der Waals surface area (Å²) >= 11 is 0. The second-order valence-electron chi connectivity index (χ2n) is 8.82. The van der Waals surface area contributed by atoms with E-state index in [2.05, 4.69) is 47.6 Å². The number of hydrogen-bond acceptors (Lipinski definition) is 2. The maximum atomic E-state index is 11.1. The Morgan fingerprint density at radius 2 is 1.47 bits per heavy atom. The number of rotatable bonds is 8. The first-order valence-corrected chi connectivity index (χ1v) is 13.3. The van der Waals surface area contributed by atoms with Crippen LogP contribution in [-0.4, -0.2) is 6.29 Å². The summed E-state index contributed by atoms with van der Waals surface area (Å²) in [4.78, 5) is 11.1. The molecular formula is C30H54O2. The molecule has 0 unspecified atom stereocenters. The zero-order valence-corrected chi connectivity index (χ0v) is 23.6. The van der Waals surface area contributed by atoms with E-state index < -0.39 is 0 Å². The molecule has 32 heavy (non-hydrogen) atoms. The van der Waals surface area contributed by atoms with Gasteiger partial charge in [0.15, 0.2) is 12.0 Å². The fourth-order valence-electron chi connectivity index (χ4n) is 4.26. The summed E-state index contributed by atoms with van der Waals surface area (Å²) < 4.78 is 5.90. The fourth-order valence-corrected chi connectivity index (χ4v) is 4.26. The minimum Gasteiger partial charge on any atom is -0.457 e. The molecule has 0 aromatic carbocycles. The van der Waals surface area contributed by atoms with Crippen molar-refractivity contribution in [1.29, 1.82) is 0 Å². The minimum atomic E-state index is -0.0861. The molecule has 0 spiro atoms. The van der Waals surface area contributed by atoms with E-state index in [1.807, 2.05) is 47.6 Å². The second-order valence-corrected chi connectivity index (χ2v) is 8.82. The Kier molecular flexibility index (Phi) is 17.3. The molecule has 2 heteroatoms. The molecule has 1 aromatic rings. The van der Waals surface area contributed by atoms with Crippen LogP contribution in [0, 0.1) is 5.41 Å². The van der Waals surface area contributed by atoms with Gasteiger partial charge in [-0.15, -0.1) is 0 Å². The predicted molar refractivity (Wildman–Crippen MR) is 144 cm³/mol. The molecule has 2 nitrogen and oxygen atoms in total. The van der Waals surface area contributed by atoms with Crippen LogP contribution in [0.2, 0.25) is 0 Å². The van der Waals surface area contributed by atoms with Gasteiger partial charge in [-0.1, -0.05) is 100 Å². The van der Waals surface area contributed by atoms with Crippen LogP contribution in [0.1, 0.15) is 144 Å². The first-order chi connectivity index (χ1) is 15.3. The normalized spacial score (nSPS) is 13.6. The van der Waals surface area contributed by atoms with Crippen LogP contribution in [0.4, 0.5) is 0 Å². The van der Waals surface area contributed by atoms with E-state index in [4.69, 9.17) is 4.42 Å². The molecule has 2 rings (SSSR count). The number of carbonyl (C=O) groups excluding carboxylic acids is 1. The van der Waals surface area contributed by atoms with E-state index >= 15 is 0 Å². The topological polar surface area (TPSA) is 30.2 Å². The van der Waals surface area contributed by atoms with Crippen molar-refractivity contribution in [2.45, 2.75) is 133 Å².